The zero-order valence-corrected chi connectivity index (χ0v) is 16.5. The van der Waals surface area contributed by atoms with Gasteiger partial charge in [0.15, 0.2) is 0 Å². The molecule has 1 heterocycles. The van der Waals surface area contributed by atoms with E-state index < -0.39 is 10.0 Å². The number of piperazine rings is 1. The van der Waals surface area contributed by atoms with E-state index >= 15 is 0 Å². The fourth-order valence-electron chi connectivity index (χ4n) is 2.77. The van der Waals surface area contributed by atoms with Crippen molar-refractivity contribution in [2.24, 2.45) is 0 Å². The zero-order valence-electron chi connectivity index (χ0n) is 13.3. The molecule has 8 heteroatoms. The lowest BCUT2D eigenvalue weighted by molar-refractivity contribution is 0.181. The Labute approximate surface area is 160 Å². The van der Waals surface area contributed by atoms with Crippen LogP contribution in [0.5, 0.6) is 0 Å². The zero-order chi connectivity index (χ0) is 18.0. The summed E-state index contributed by atoms with van der Waals surface area (Å²) >= 11 is 9.37. The van der Waals surface area contributed by atoms with Crippen molar-refractivity contribution in [2.45, 2.75) is 11.4 Å². The molecular formula is C17H17BrClFN2O2S. The van der Waals surface area contributed by atoms with Crippen LogP contribution in [0.25, 0.3) is 0 Å². The van der Waals surface area contributed by atoms with Crippen molar-refractivity contribution in [3.05, 3.63) is 63.3 Å². The first-order chi connectivity index (χ1) is 11.9. The second kappa shape index (κ2) is 7.72. The molecule has 0 spiro atoms. The highest BCUT2D eigenvalue weighted by Crippen LogP contribution is 2.22. The molecule has 1 saturated heterocycles. The molecule has 0 unspecified atom stereocenters. The van der Waals surface area contributed by atoms with Crippen molar-refractivity contribution in [3.8, 4) is 0 Å². The van der Waals surface area contributed by atoms with Gasteiger partial charge in [-0.15, -0.1) is 0 Å². The summed E-state index contributed by atoms with van der Waals surface area (Å²) < 4.78 is 40.8. The van der Waals surface area contributed by atoms with Gasteiger partial charge >= 0.3 is 0 Å². The van der Waals surface area contributed by atoms with Crippen molar-refractivity contribution < 1.29 is 12.8 Å². The molecule has 0 aliphatic carbocycles. The maximum atomic E-state index is 13.1. The summed E-state index contributed by atoms with van der Waals surface area (Å²) in [5.41, 5.74) is 0.840. The van der Waals surface area contributed by atoms with Crippen LogP contribution < -0.4 is 0 Å². The number of nitrogens with zero attached hydrogens (tertiary/aromatic N) is 2. The van der Waals surface area contributed by atoms with Crippen LogP contribution in [0.2, 0.25) is 5.02 Å². The van der Waals surface area contributed by atoms with E-state index in [1.807, 2.05) is 0 Å². The molecule has 0 N–H and O–H groups in total. The predicted molar refractivity (Wildman–Crippen MR) is 99.6 cm³/mol. The number of hydrogen-bond acceptors (Lipinski definition) is 3. The maximum Gasteiger partial charge on any atom is 0.243 e. The summed E-state index contributed by atoms with van der Waals surface area (Å²) in [6.07, 6.45) is 0. The Hall–Kier alpha value is -0.990. The SMILES string of the molecule is O=S(=O)(c1ccc(Br)cc1)N1CCN(Cc2ccc(F)cc2Cl)CC1. The van der Waals surface area contributed by atoms with Crippen LogP contribution in [0.1, 0.15) is 5.56 Å². The quantitative estimate of drug-likeness (QED) is 0.717. The number of hydrogen-bond donors (Lipinski definition) is 0. The maximum absolute atomic E-state index is 13.1. The van der Waals surface area contributed by atoms with Crippen LogP contribution in [0.3, 0.4) is 0 Å². The Balaban J connectivity index is 1.64. The topological polar surface area (TPSA) is 40.6 Å². The van der Waals surface area contributed by atoms with Gasteiger partial charge in [0, 0.05) is 42.2 Å². The Kier molecular flexibility index (Phi) is 5.80. The van der Waals surface area contributed by atoms with Crippen molar-refractivity contribution in [3.63, 3.8) is 0 Å². The molecule has 0 bridgehead atoms. The van der Waals surface area contributed by atoms with E-state index in [1.165, 1.54) is 16.4 Å². The molecule has 0 atom stereocenters. The molecule has 25 heavy (non-hydrogen) atoms. The molecule has 134 valence electrons. The Morgan fingerprint density at radius 1 is 1.04 bits per heavy atom. The lowest BCUT2D eigenvalue weighted by Crippen LogP contribution is -2.48. The second-order valence-electron chi connectivity index (χ2n) is 5.87. The smallest absolute Gasteiger partial charge is 0.243 e. The van der Waals surface area contributed by atoms with Crippen LogP contribution in [-0.2, 0) is 16.6 Å². The average molecular weight is 448 g/mol. The average Bonchev–Trinajstić information content (AvgIpc) is 2.58. The van der Waals surface area contributed by atoms with Gasteiger partial charge in [-0.2, -0.15) is 4.31 Å². The Bertz CT molecular complexity index is 853. The number of halogens is 3. The summed E-state index contributed by atoms with van der Waals surface area (Å²) in [6.45, 7) is 2.60. The molecule has 1 aliphatic heterocycles. The van der Waals surface area contributed by atoms with Gasteiger partial charge in [0.25, 0.3) is 0 Å². The van der Waals surface area contributed by atoms with Gasteiger partial charge in [-0.1, -0.05) is 33.6 Å². The molecule has 0 saturated carbocycles. The normalized spacial score (nSPS) is 16.9. The van der Waals surface area contributed by atoms with Gasteiger partial charge in [-0.05, 0) is 42.0 Å². The third-order valence-corrected chi connectivity index (χ3v) is 6.99. The van der Waals surface area contributed by atoms with E-state index in [1.54, 1.807) is 30.3 Å². The fraction of sp³-hybridized carbons (Fsp3) is 0.294. The number of sulfonamides is 1. The molecule has 4 nitrogen and oxygen atoms in total. The van der Waals surface area contributed by atoms with Gasteiger partial charge in [0.1, 0.15) is 5.82 Å². The van der Waals surface area contributed by atoms with Crippen molar-refractivity contribution in [1.82, 2.24) is 9.21 Å². The summed E-state index contributed by atoms with van der Waals surface area (Å²) in [7, 11) is -3.48. The van der Waals surface area contributed by atoms with Crippen LogP contribution >= 0.6 is 27.5 Å². The molecule has 1 fully saturated rings. The van der Waals surface area contributed by atoms with E-state index in [0.717, 1.165) is 10.0 Å². The standard InChI is InChI=1S/C17H17BrClFN2O2S/c18-14-2-5-16(6-3-14)25(23,24)22-9-7-21(8-10-22)12-13-1-4-15(20)11-17(13)19/h1-6,11H,7-10,12H2. The highest BCUT2D eigenvalue weighted by Gasteiger charge is 2.28. The summed E-state index contributed by atoms with van der Waals surface area (Å²) in [6, 6.07) is 11.0. The molecule has 1 aliphatic rings. The molecule has 0 aromatic heterocycles. The van der Waals surface area contributed by atoms with E-state index in [9.17, 15) is 12.8 Å². The van der Waals surface area contributed by atoms with Crippen molar-refractivity contribution >= 4 is 37.6 Å². The Morgan fingerprint density at radius 2 is 1.68 bits per heavy atom. The number of benzene rings is 2. The highest BCUT2D eigenvalue weighted by molar-refractivity contribution is 9.10. The fourth-order valence-corrected chi connectivity index (χ4v) is 4.69. The summed E-state index contributed by atoms with van der Waals surface area (Å²) in [5.74, 6) is -0.362. The minimum atomic E-state index is -3.48. The van der Waals surface area contributed by atoms with Gasteiger partial charge in [-0.3, -0.25) is 4.90 Å². The minimum Gasteiger partial charge on any atom is -0.296 e. The molecule has 0 radical (unpaired) electrons. The molecule has 0 amide bonds. The first-order valence-electron chi connectivity index (χ1n) is 7.78. The number of rotatable bonds is 4. The summed E-state index contributed by atoms with van der Waals surface area (Å²) in [5, 5.41) is 0.393. The molecular weight excluding hydrogens is 431 g/mol. The lowest BCUT2D eigenvalue weighted by Gasteiger charge is -2.34. The van der Waals surface area contributed by atoms with Crippen LogP contribution in [0.4, 0.5) is 4.39 Å². The van der Waals surface area contributed by atoms with Crippen LogP contribution in [0, 0.1) is 5.82 Å². The van der Waals surface area contributed by atoms with E-state index in [2.05, 4.69) is 20.8 Å². The van der Waals surface area contributed by atoms with E-state index in [0.29, 0.717) is 42.6 Å². The molecule has 3 rings (SSSR count). The van der Waals surface area contributed by atoms with Gasteiger partial charge < -0.3 is 0 Å². The van der Waals surface area contributed by atoms with E-state index in [4.69, 9.17) is 11.6 Å². The van der Waals surface area contributed by atoms with Gasteiger partial charge in [0.2, 0.25) is 10.0 Å². The lowest BCUT2D eigenvalue weighted by atomic mass is 10.2. The van der Waals surface area contributed by atoms with E-state index in [-0.39, 0.29) is 5.82 Å². The minimum absolute atomic E-state index is 0.297. The first kappa shape index (κ1) is 18.8. The predicted octanol–water partition coefficient (Wildman–Crippen LogP) is 3.75. The van der Waals surface area contributed by atoms with Gasteiger partial charge in [-0.25, -0.2) is 12.8 Å². The van der Waals surface area contributed by atoms with Crippen molar-refractivity contribution in [2.75, 3.05) is 26.2 Å². The second-order valence-corrected chi connectivity index (χ2v) is 9.13. The monoisotopic (exact) mass is 446 g/mol. The van der Waals surface area contributed by atoms with Crippen molar-refractivity contribution in [1.29, 1.82) is 0 Å². The van der Waals surface area contributed by atoms with Gasteiger partial charge in [0.05, 0.1) is 4.90 Å². The third kappa shape index (κ3) is 4.41. The van der Waals surface area contributed by atoms with Crippen LogP contribution in [0.15, 0.2) is 51.8 Å². The Morgan fingerprint density at radius 3 is 2.28 bits per heavy atom. The third-order valence-electron chi connectivity index (χ3n) is 4.19. The highest BCUT2D eigenvalue weighted by atomic mass is 79.9. The van der Waals surface area contributed by atoms with Crippen LogP contribution in [-0.4, -0.2) is 43.8 Å². The largest absolute Gasteiger partial charge is 0.296 e. The first-order valence-corrected chi connectivity index (χ1v) is 10.4. The molecule has 2 aromatic rings. The molecule has 2 aromatic carbocycles. The summed E-state index contributed by atoms with van der Waals surface area (Å²) in [4.78, 5) is 2.41.